The molecule has 1 aliphatic rings. The molecule has 0 radical (unpaired) electrons. The molecular formula is C14H16N4O. The van der Waals surface area contributed by atoms with Crippen molar-refractivity contribution in [1.82, 2.24) is 15.3 Å². The van der Waals surface area contributed by atoms with E-state index < -0.39 is 0 Å². The second kappa shape index (κ2) is 4.51. The van der Waals surface area contributed by atoms with Crippen molar-refractivity contribution in [3.63, 3.8) is 0 Å². The van der Waals surface area contributed by atoms with Crippen molar-refractivity contribution in [3.05, 3.63) is 35.8 Å². The van der Waals surface area contributed by atoms with E-state index in [0.717, 1.165) is 28.3 Å². The molecule has 0 fully saturated rings. The lowest BCUT2D eigenvalue weighted by Crippen LogP contribution is -2.20. The molecule has 0 saturated carbocycles. The van der Waals surface area contributed by atoms with E-state index in [1.807, 2.05) is 32.4 Å². The third-order valence-corrected chi connectivity index (χ3v) is 3.44. The van der Waals surface area contributed by atoms with Crippen LogP contribution in [0.15, 0.2) is 24.4 Å². The lowest BCUT2D eigenvalue weighted by atomic mass is 10.1. The van der Waals surface area contributed by atoms with Crippen LogP contribution in [0.3, 0.4) is 0 Å². The molecule has 1 amide bonds. The summed E-state index contributed by atoms with van der Waals surface area (Å²) in [6, 6.07) is 6.08. The first kappa shape index (κ1) is 11.9. The summed E-state index contributed by atoms with van der Waals surface area (Å²) in [4.78, 5) is 21.0. The Balaban J connectivity index is 1.94. The molecule has 0 atom stereocenters. The van der Waals surface area contributed by atoms with Crippen molar-refractivity contribution in [1.29, 1.82) is 0 Å². The molecule has 0 bridgehead atoms. The molecule has 3 rings (SSSR count). The van der Waals surface area contributed by atoms with Gasteiger partial charge in [-0.05, 0) is 30.3 Å². The van der Waals surface area contributed by atoms with Crippen LogP contribution in [-0.4, -0.2) is 30.0 Å². The molecule has 2 aromatic rings. The number of fused-ring (bicyclic) bond motifs is 1. The summed E-state index contributed by atoms with van der Waals surface area (Å²) >= 11 is 0. The summed E-state index contributed by atoms with van der Waals surface area (Å²) in [5.41, 5.74) is 4.13. The minimum Gasteiger partial charge on any atom is -0.341 e. The first-order chi connectivity index (χ1) is 9.19. The van der Waals surface area contributed by atoms with Gasteiger partial charge in [0.25, 0.3) is 0 Å². The monoisotopic (exact) mass is 256 g/mol. The molecule has 19 heavy (non-hydrogen) atoms. The number of nitrogens with zero attached hydrogens (tertiary/aromatic N) is 2. The Bertz CT molecular complexity index is 632. The predicted molar refractivity (Wildman–Crippen MR) is 73.9 cm³/mol. The van der Waals surface area contributed by atoms with Crippen LogP contribution in [0.5, 0.6) is 0 Å². The Hall–Kier alpha value is -2.14. The summed E-state index contributed by atoms with van der Waals surface area (Å²) in [5.74, 6) is 1.05. The maximum absolute atomic E-state index is 11.7. The number of anilines is 1. The Kier molecular flexibility index (Phi) is 2.83. The molecule has 0 saturated heterocycles. The molecule has 98 valence electrons. The molecule has 5 heteroatoms. The average Bonchev–Trinajstić information content (AvgIpc) is 2.96. The molecule has 2 heterocycles. The van der Waals surface area contributed by atoms with Crippen LogP contribution in [0.25, 0.3) is 11.3 Å². The van der Waals surface area contributed by atoms with Gasteiger partial charge in [-0.3, -0.25) is 4.79 Å². The maximum Gasteiger partial charge on any atom is 0.231 e. The fourth-order valence-electron chi connectivity index (χ4n) is 2.40. The average molecular weight is 256 g/mol. The summed E-state index contributed by atoms with van der Waals surface area (Å²) in [5, 5.41) is 3.06. The molecule has 1 aromatic heterocycles. The zero-order valence-corrected chi connectivity index (χ0v) is 11.0. The second-order valence-electron chi connectivity index (χ2n) is 4.75. The zero-order valence-electron chi connectivity index (χ0n) is 11.0. The molecule has 0 aliphatic carbocycles. The highest BCUT2D eigenvalue weighted by Gasteiger charge is 2.24. The SMILES string of the molecule is CNCc1ncc(-c2ccc3c(c2)CC(=O)N3C)[nH]1. The van der Waals surface area contributed by atoms with Crippen LogP contribution >= 0.6 is 0 Å². The first-order valence-corrected chi connectivity index (χ1v) is 6.27. The van der Waals surface area contributed by atoms with E-state index in [-0.39, 0.29) is 5.91 Å². The molecule has 1 aromatic carbocycles. The van der Waals surface area contributed by atoms with Crippen LogP contribution in [-0.2, 0) is 17.8 Å². The third-order valence-electron chi connectivity index (χ3n) is 3.44. The number of benzene rings is 1. The van der Waals surface area contributed by atoms with Crippen LogP contribution in [0.2, 0.25) is 0 Å². The van der Waals surface area contributed by atoms with Crippen LogP contribution in [0.4, 0.5) is 5.69 Å². The largest absolute Gasteiger partial charge is 0.341 e. The smallest absolute Gasteiger partial charge is 0.231 e. The highest BCUT2D eigenvalue weighted by atomic mass is 16.2. The predicted octanol–water partition coefficient (Wildman–Crippen LogP) is 1.31. The number of hydrogen-bond acceptors (Lipinski definition) is 3. The lowest BCUT2D eigenvalue weighted by molar-refractivity contribution is -0.117. The number of likely N-dealkylation sites (N-methyl/N-ethyl adjacent to an activating group) is 1. The van der Waals surface area contributed by atoms with Gasteiger partial charge in [0.2, 0.25) is 5.91 Å². The lowest BCUT2D eigenvalue weighted by Gasteiger charge is -2.10. The number of carbonyl (C=O) groups is 1. The Morgan fingerprint density at radius 1 is 1.47 bits per heavy atom. The van der Waals surface area contributed by atoms with Crippen molar-refractivity contribution >= 4 is 11.6 Å². The van der Waals surface area contributed by atoms with E-state index in [2.05, 4.69) is 21.4 Å². The van der Waals surface area contributed by atoms with Crippen LogP contribution < -0.4 is 10.2 Å². The van der Waals surface area contributed by atoms with E-state index >= 15 is 0 Å². The highest BCUT2D eigenvalue weighted by Crippen LogP contribution is 2.31. The number of carbonyl (C=O) groups excluding carboxylic acids is 1. The fraction of sp³-hybridized carbons (Fsp3) is 0.286. The minimum absolute atomic E-state index is 0.146. The van der Waals surface area contributed by atoms with Gasteiger partial charge in [-0.25, -0.2) is 4.98 Å². The normalized spacial score (nSPS) is 14.0. The second-order valence-corrected chi connectivity index (χ2v) is 4.75. The van der Waals surface area contributed by atoms with E-state index in [1.54, 1.807) is 4.90 Å². The van der Waals surface area contributed by atoms with Crippen molar-refractivity contribution in [2.24, 2.45) is 0 Å². The topological polar surface area (TPSA) is 61.0 Å². The quantitative estimate of drug-likeness (QED) is 0.870. The molecule has 5 nitrogen and oxygen atoms in total. The number of aromatic nitrogens is 2. The highest BCUT2D eigenvalue weighted by molar-refractivity contribution is 6.01. The van der Waals surface area contributed by atoms with Crippen molar-refractivity contribution in [2.75, 3.05) is 19.0 Å². The van der Waals surface area contributed by atoms with E-state index in [0.29, 0.717) is 13.0 Å². The fourth-order valence-corrected chi connectivity index (χ4v) is 2.40. The Labute approximate surface area is 111 Å². The number of rotatable bonds is 3. The number of aromatic amines is 1. The van der Waals surface area contributed by atoms with Gasteiger partial charge in [0.15, 0.2) is 0 Å². The van der Waals surface area contributed by atoms with Gasteiger partial charge < -0.3 is 15.2 Å². The summed E-state index contributed by atoms with van der Waals surface area (Å²) < 4.78 is 0. The summed E-state index contributed by atoms with van der Waals surface area (Å²) in [6.45, 7) is 0.714. The van der Waals surface area contributed by atoms with E-state index in [9.17, 15) is 4.79 Å². The molecule has 2 N–H and O–H groups in total. The first-order valence-electron chi connectivity index (χ1n) is 6.27. The van der Waals surface area contributed by atoms with Gasteiger partial charge in [-0.1, -0.05) is 6.07 Å². The van der Waals surface area contributed by atoms with E-state index in [4.69, 9.17) is 0 Å². The van der Waals surface area contributed by atoms with Crippen molar-refractivity contribution < 1.29 is 4.79 Å². The van der Waals surface area contributed by atoms with Gasteiger partial charge in [-0.2, -0.15) is 0 Å². The van der Waals surface area contributed by atoms with Crippen molar-refractivity contribution in [3.8, 4) is 11.3 Å². The molecule has 0 unspecified atom stereocenters. The number of hydrogen-bond donors (Lipinski definition) is 2. The molecule has 0 spiro atoms. The molecular weight excluding hydrogens is 240 g/mol. The third kappa shape index (κ3) is 2.02. The van der Waals surface area contributed by atoms with Gasteiger partial charge >= 0.3 is 0 Å². The van der Waals surface area contributed by atoms with Crippen LogP contribution in [0.1, 0.15) is 11.4 Å². The Morgan fingerprint density at radius 3 is 3.11 bits per heavy atom. The minimum atomic E-state index is 0.146. The summed E-state index contributed by atoms with van der Waals surface area (Å²) in [6.07, 6.45) is 2.31. The van der Waals surface area contributed by atoms with E-state index in [1.165, 1.54) is 0 Å². The number of H-pyrrole nitrogens is 1. The molecule has 1 aliphatic heterocycles. The number of amides is 1. The zero-order chi connectivity index (χ0) is 13.4. The maximum atomic E-state index is 11.7. The van der Waals surface area contributed by atoms with Gasteiger partial charge in [-0.15, -0.1) is 0 Å². The number of imidazole rings is 1. The van der Waals surface area contributed by atoms with Gasteiger partial charge in [0.05, 0.1) is 24.9 Å². The number of nitrogens with one attached hydrogen (secondary N) is 2. The summed E-state index contributed by atoms with van der Waals surface area (Å²) in [7, 11) is 3.70. The van der Waals surface area contributed by atoms with Gasteiger partial charge in [0.1, 0.15) is 5.82 Å². The van der Waals surface area contributed by atoms with Crippen LogP contribution in [0, 0.1) is 0 Å². The van der Waals surface area contributed by atoms with Crippen molar-refractivity contribution in [2.45, 2.75) is 13.0 Å². The van der Waals surface area contributed by atoms with Gasteiger partial charge in [0, 0.05) is 12.7 Å². The Morgan fingerprint density at radius 2 is 2.32 bits per heavy atom. The standard InChI is InChI=1S/C14H16N4O/c1-15-8-13-16-7-11(17-13)9-3-4-12-10(5-9)6-14(19)18(12)2/h3-5,7,15H,6,8H2,1-2H3,(H,16,17).